The van der Waals surface area contributed by atoms with Crippen LogP contribution >= 0.6 is 11.6 Å². The minimum absolute atomic E-state index is 0.0989. The zero-order chi connectivity index (χ0) is 7.90. The first-order valence-corrected chi connectivity index (χ1v) is 3.99. The second kappa shape index (κ2) is 2.23. The van der Waals surface area contributed by atoms with Crippen LogP contribution in [0.15, 0.2) is 24.3 Å². The molecule has 0 aliphatic carbocycles. The molecule has 0 bridgehead atoms. The van der Waals surface area contributed by atoms with E-state index in [0.29, 0.717) is 0 Å². The van der Waals surface area contributed by atoms with Crippen molar-refractivity contribution in [2.24, 2.45) is 0 Å². The van der Waals surface area contributed by atoms with Crippen LogP contribution in [0.2, 0.25) is 5.02 Å². The smallest absolute Gasteiger partial charge is 0.115 e. The van der Waals surface area contributed by atoms with Crippen molar-refractivity contribution < 1.29 is 4.74 Å². The molecule has 0 N–H and O–H groups in total. The van der Waals surface area contributed by atoms with Gasteiger partial charge in [0.15, 0.2) is 0 Å². The Hall–Kier alpha value is -0.530. The van der Waals surface area contributed by atoms with E-state index in [1.54, 1.807) is 0 Å². The molecular weight excluding hydrogens is 160 g/mol. The molecule has 0 unspecified atom stereocenters. The molecule has 11 heavy (non-hydrogen) atoms. The number of rotatable bonds is 1. The Labute approximate surface area is 70.9 Å². The van der Waals surface area contributed by atoms with Gasteiger partial charge in [0, 0.05) is 10.6 Å². The van der Waals surface area contributed by atoms with Gasteiger partial charge in [-0.3, -0.25) is 0 Å². The Morgan fingerprint density at radius 2 is 2.09 bits per heavy atom. The molecule has 0 amide bonds. The maximum atomic E-state index is 5.97. The number of hydrogen-bond acceptors (Lipinski definition) is 1. The summed E-state index contributed by atoms with van der Waals surface area (Å²) in [7, 11) is 0. The molecule has 0 saturated carbocycles. The van der Waals surface area contributed by atoms with E-state index in [1.807, 2.05) is 31.2 Å². The normalized spacial score (nSPS) is 28.5. The first-order valence-electron chi connectivity index (χ1n) is 3.61. The third-order valence-corrected chi connectivity index (χ3v) is 2.35. The first-order chi connectivity index (χ1) is 5.22. The Kier molecular flexibility index (Phi) is 1.44. The summed E-state index contributed by atoms with van der Waals surface area (Å²) in [5, 5.41) is 0.799. The van der Waals surface area contributed by atoms with E-state index in [9.17, 15) is 0 Å². The minimum Gasteiger partial charge on any atom is -0.365 e. The Morgan fingerprint density at radius 1 is 1.45 bits per heavy atom. The van der Waals surface area contributed by atoms with Crippen molar-refractivity contribution in [3.63, 3.8) is 0 Å². The molecule has 1 saturated heterocycles. The van der Waals surface area contributed by atoms with Crippen LogP contribution in [0.4, 0.5) is 0 Å². The maximum absolute atomic E-state index is 5.97. The monoisotopic (exact) mass is 168 g/mol. The van der Waals surface area contributed by atoms with Crippen molar-refractivity contribution >= 4 is 11.6 Å². The lowest BCUT2D eigenvalue weighted by atomic mass is 10.0. The van der Waals surface area contributed by atoms with E-state index in [4.69, 9.17) is 16.3 Å². The van der Waals surface area contributed by atoms with Crippen molar-refractivity contribution in [1.82, 2.24) is 0 Å². The average molecular weight is 169 g/mol. The van der Waals surface area contributed by atoms with Gasteiger partial charge < -0.3 is 4.74 Å². The fraction of sp³-hybridized carbons (Fsp3) is 0.333. The fourth-order valence-corrected chi connectivity index (χ4v) is 1.49. The van der Waals surface area contributed by atoms with Crippen LogP contribution in [0, 0.1) is 0 Å². The zero-order valence-electron chi connectivity index (χ0n) is 6.30. The van der Waals surface area contributed by atoms with E-state index in [0.717, 1.165) is 17.2 Å². The molecule has 1 heterocycles. The number of halogens is 1. The van der Waals surface area contributed by atoms with Crippen molar-refractivity contribution in [3.05, 3.63) is 34.9 Å². The Bertz CT molecular complexity index is 279. The largest absolute Gasteiger partial charge is 0.365 e. The number of ether oxygens (including phenoxy) is 1. The molecule has 1 aromatic rings. The summed E-state index contributed by atoms with van der Waals surface area (Å²) in [4.78, 5) is 0. The van der Waals surface area contributed by atoms with Crippen LogP contribution in [0.3, 0.4) is 0 Å². The van der Waals surface area contributed by atoms with Gasteiger partial charge in [0.25, 0.3) is 0 Å². The van der Waals surface area contributed by atoms with Gasteiger partial charge in [0.05, 0.1) is 6.61 Å². The highest BCUT2D eigenvalue weighted by Crippen LogP contribution is 2.41. The second-order valence-electron chi connectivity index (χ2n) is 3.00. The standard InChI is InChI=1S/C9H9ClO/c1-9(6-11-9)7-4-2-3-5-8(7)10/h2-5H,6H2,1H3/t9-/m1/s1. The molecule has 2 rings (SSSR count). The maximum Gasteiger partial charge on any atom is 0.115 e. The van der Waals surface area contributed by atoms with Gasteiger partial charge in [-0.2, -0.15) is 0 Å². The van der Waals surface area contributed by atoms with E-state index in [2.05, 4.69) is 0 Å². The average Bonchev–Trinajstić information content (AvgIpc) is 2.70. The highest BCUT2D eigenvalue weighted by Gasteiger charge is 2.42. The third kappa shape index (κ3) is 1.15. The lowest BCUT2D eigenvalue weighted by Crippen LogP contribution is -2.01. The highest BCUT2D eigenvalue weighted by atomic mass is 35.5. The Morgan fingerprint density at radius 3 is 2.64 bits per heavy atom. The Balaban J connectivity index is 2.45. The quantitative estimate of drug-likeness (QED) is 0.588. The van der Waals surface area contributed by atoms with Crippen LogP contribution in [0.1, 0.15) is 12.5 Å². The lowest BCUT2D eigenvalue weighted by molar-refractivity contribution is 0.329. The SMILES string of the molecule is C[C@]1(c2ccccc2Cl)CO1. The summed E-state index contributed by atoms with van der Waals surface area (Å²) in [6.07, 6.45) is 0. The summed E-state index contributed by atoms with van der Waals surface area (Å²) in [6.45, 7) is 2.84. The van der Waals surface area contributed by atoms with Gasteiger partial charge in [-0.1, -0.05) is 29.8 Å². The molecular formula is C9H9ClO. The van der Waals surface area contributed by atoms with Crippen LogP contribution in [0.25, 0.3) is 0 Å². The van der Waals surface area contributed by atoms with Crippen molar-refractivity contribution in [1.29, 1.82) is 0 Å². The van der Waals surface area contributed by atoms with Crippen LogP contribution in [-0.2, 0) is 10.3 Å². The van der Waals surface area contributed by atoms with E-state index >= 15 is 0 Å². The predicted molar refractivity (Wildman–Crippen MR) is 44.8 cm³/mol. The summed E-state index contributed by atoms with van der Waals surface area (Å²) in [5.41, 5.74) is 1.000. The molecule has 2 heteroatoms. The number of epoxide rings is 1. The minimum atomic E-state index is -0.0989. The lowest BCUT2D eigenvalue weighted by Gasteiger charge is -2.06. The van der Waals surface area contributed by atoms with Crippen molar-refractivity contribution in [3.8, 4) is 0 Å². The molecule has 0 spiro atoms. The molecule has 1 aliphatic heterocycles. The van der Waals surface area contributed by atoms with Gasteiger partial charge in [-0.15, -0.1) is 0 Å². The zero-order valence-corrected chi connectivity index (χ0v) is 7.06. The summed E-state index contributed by atoms with van der Waals surface area (Å²) < 4.78 is 5.28. The van der Waals surface area contributed by atoms with Crippen LogP contribution in [0.5, 0.6) is 0 Å². The van der Waals surface area contributed by atoms with Gasteiger partial charge in [0.1, 0.15) is 5.60 Å². The number of benzene rings is 1. The molecule has 1 aliphatic rings. The van der Waals surface area contributed by atoms with Gasteiger partial charge in [-0.05, 0) is 13.0 Å². The number of hydrogen-bond donors (Lipinski definition) is 0. The predicted octanol–water partition coefficient (Wildman–Crippen LogP) is 2.59. The van der Waals surface area contributed by atoms with Crippen LogP contribution < -0.4 is 0 Å². The van der Waals surface area contributed by atoms with E-state index < -0.39 is 0 Å². The fourth-order valence-electron chi connectivity index (χ4n) is 1.15. The molecule has 1 aromatic carbocycles. The topological polar surface area (TPSA) is 12.5 Å². The second-order valence-corrected chi connectivity index (χ2v) is 3.41. The summed E-state index contributed by atoms with van der Waals surface area (Å²) >= 11 is 5.97. The van der Waals surface area contributed by atoms with Crippen molar-refractivity contribution in [2.45, 2.75) is 12.5 Å². The van der Waals surface area contributed by atoms with Gasteiger partial charge in [0.2, 0.25) is 0 Å². The van der Waals surface area contributed by atoms with Gasteiger partial charge in [-0.25, -0.2) is 0 Å². The molecule has 1 nitrogen and oxygen atoms in total. The first kappa shape index (κ1) is 7.14. The van der Waals surface area contributed by atoms with Gasteiger partial charge >= 0.3 is 0 Å². The highest BCUT2D eigenvalue weighted by molar-refractivity contribution is 6.31. The molecule has 58 valence electrons. The molecule has 0 aromatic heterocycles. The third-order valence-electron chi connectivity index (χ3n) is 2.02. The molecule has 0 radical (unpaired) electrons. The van der Waals surface area contributed by atoms with E-state index in [-0.39, 0.29) is 5.60 Å². The van der Waals surface area contributed by atoms with Crippen LogP contribution in [-0.4, -0.2) is 6.61 Å². The molecule has 1 fully saturated rings. The summed E-state index contributed by atoms with van der Waals surface area (Å²) in [6, 6.07) is 7.81. The van der Waals surface area contributed by atoms with Crippen molar-refractivity contribution in [2.75, 3.05) is 6.61 Å². The van der Waals surface area contributed by atoms with E-state index in [1.165, 1.54) is 0 Å². The molecule has 1 atom stereocenters. The summed E-state index contributed by atoms with van der Waals surface area (Å²) in [5.74, 6) is 0.